The molecule has 2 unspecified atom stereocenters. The molecule has 0 saturated heterocycles. The smallest absolute Gasteiger partial charge is 0.309 e. The first-order valence-electron chi connectivity index (χ1n) is 11.1. The van der Waals surface area contributed by atoms with Crippen molar-refractivity contribution in [1.29, 1.82) is 0 Å². The number of carboxylic acids is 1. The van der Waals surface area contributed by atoms with Gasteiger partial charge in [-0.1, -0.05) is 18.9 Å². The SMILES string of the molecule is Cc1cc(Nc2nccc(C3CC3)n2)cc(-c2cnc(C3(O)CCCCC3C(=O)O)s2)c1. The lowest BCUT2D eigenvalue weighted by atomic mass is 9.75. The van der Waals surface area contributed by atoms with Crippen LogP contribution in [-0.2, 0) is 10.4 Å². The number of nitrogens with one attached hydrogen (secondary N) is 1. The summed E-state index contributed by atoms with van der Waals surface area (Å²) >= 11 is 1.37. The minimum Gasteiger partial charge on any atom is -0.481 e. The zero-order valence-corrected chi connectivity index (χ0v) is 18.7. The van der Waals surface area contributed by atoms with Gasteiger partial charge in [-0.15, -0.1) is 11.3 Å². The third-order valence-corrected chi connectivity index (χ3v) is 7.56. The Labute approximate surface area is 190 Å². The van der Waals surface area contributed by atoms with E-state index in [2.05, 4.69) is 26.3 Å². The fraction of sp³-hybridized carbons (Fsp3) is 0.417. The molecule has 0 spiro atoms. The van der Waals surface area contributed by atoms with Gasteiger partial charge in [0.15, 0.2) is 0 Å². The van der Waals surface area contributed by atoms with Crippen LogP contribution in [0.5, 0.6) is 0 Å². The Hall–Kier alpha value is -2.84. The molecule has 32 heavy (non-hydrogen) atoms. The summed E-state index contributed by atoms with van der Waals surface area (Å²) in [5.74, 6) is -0.639. The Morgan fingerprint density at radius 3 is 2.81 bits per heavy atom. The third kappa shape index (κ3) is 4.12. The number of aryl methyl sites for hydroxylation is 1. The summed E-state index contributed by atoms with van der Waals surface area (Å²) in [5.41, 5.74) is 2.58. The molecule has 5 rings (SSSR count). The van der Waals surface area contributed by atoms with Crippen molar-refractivity contribution in [1.82, 2.24) is 15.0 Å². The predicted molar refractivity (Wildman–Crippen MR) is 123 cm³/mol. The molecule has 3 N–H and O–H groups in total. The Morgan fingerprint density at radius 1 is 1.19 bits per heavy atom. The van der Waals surface area contributed by atoms with E-state index < -0.39 is 17.5 Å². The third-order valence-electron chi connectivity index (χ3n) is 6.34. The van der Waals surface area contributed by atoms with Crippen LogP contribution in [0.3, 0.4) is 0 Å². The van der Waals surface area contributed by atoms with Crippen molar-refractivity contribution >= 4 is 28.9 Å². The summed E-state index contributed by atoms with van der Waals surface area (Å²) in [6.07, 6.45) is 8.41. The Bertz CT molecular complexity index is 1160. The highest BCUT2D eigenvalue weighted by molar-refractivity contribution is 7.15. The molecule has 0 amide bonds. The molecule has 0 bridgehead atoms. The molecule has 7 nitrogen and oxygen atoms in total. The van der Waals surface area contributed by atoms with Crippen molar-refractivity contribution in [2.75, 3.05) is 5.32 Å². The van der Waals surface area contributed by atoms with E-state index in [0.29, 0.717) is 29.7 Å². The maximum absolute atomic E-state index is 11.7. The van der Waals surface area contributed by atoms with Crippen LogP contribution in [0.15, 0.2) is 36.7 Å². The molecule has 3 aromatic rings. The number of rotatable bonds is 6. The van der Waals surface area contributed by atoms with E-state index in [9.17, 15) is 15.0 Å². The van der Waals surface area contributed by atoms with Crippen LogP contribution in [0, 0.1) is 12.8 Å². The molecule has 0 aliphatic heterocycles. The maximum Gasteiger partial charge on any atom is 0.309 e. The second-order valence-electron chi connectivity index (χ2n) is 8.88. The van der Waals surface area contributed by atoms with Crippen molar-refractivity contribution in [2.24, 2.45) is 5.92 Å². The lowest BCUT2D eigenvalue weighted by Crippen LogP contribution is -2.42. The molecular weight excluding hydrogens is 424 g/mol. The number of aliphatic carboxylic acids is 1. The molecule has 2 aliphatic carbocycles. The summed E-state index contributed by atoms with van der Waals surface area (Å²) in [7, 11) is 0. The summed E-state index contributed by atoms with van der Waals surface area (Å²) in [4.78, 5) is 26.1. The van der Waals surface area contributed by atoms with E-state index in [1.165, 1.54) is 24.2 Å². The van der Waals surface area contributed by atoms with Crippen LogP contribution in [0.2, 0.25) is 0 Å². The minimum absolute atomic E-state index is 0.423. The van der Waals surface area contributed by atoms with Gasteiger partial charge in [-0.25, -0.2) is 15.0 Å². The van der Waals surface area contributed by atoms with Crippen LogP contribution < -0.4 is 5.32 Å². The molecule has 2 fully saturated rings. The highest BCUT2D eigenvalue weighted by Crippen LogP contribution is 2.45. The van der Waals surface area contributed by atoms with Gasteiger partial charge in [0.05, 0.1) is 10.8 Å². The Balaban J connectivity index is 1.42. The zero-order valence-electron chi connectivity index (χ0n) is 17.9. The fourth-order valence-electron chi connectivity index (χ4n) is 4.51. The molecule has 2 atom stereocenters. The molecule has 2 aromatic heterocycles. The van der Waals surface area contributed by atoms with Crippen LogP contribution >= 0.6 is 11.3 Å². The molecule has 166 valence electrons. The average Bonchev–Trinajstić information content (AvgIpc) is 3.49. The largest absolute Gasteiger partial charge is 0.481 e. The van der Waals surface area contributed by atoms with E-state index in [-0.39, 0.29) is 0 Å². The summed E-state index contributed by atoms with van der Waals surface area (Å²) in [6.45, 7) is 2.02. The standard InChI is InChI=1S/C24H26N4O3S/c1-14-10-16(12-17(11-14)27-23-25-9-7-19(28-23)15-5-6-15)20-13-26-22(32-20)24(31)8-3-2-4-18(24)21(29)30/h7,9-13,15,18,31H,2-6,8H2,1H3,(H,29,30)(H,25,27,28). The van der Waals surface area contributed by atoms with Crippen molar-refractivity contribution < 1.29 is 15.0 Å². The average molecular weight is 451 g/mol. The van der Waals surface area contributed by atoms with Gasteiger partial charge >= 0.3 is 5.97 Å². The first-order valence-corrected chi connectivity index (χ1v) is 11.9. The van der Waals surface area contributed by atoms with Gasteiger partial charge in [0.2, 0.25) is 5.95 Å². The van der Waals surface area contributed by atoms with Crippen LogP contribution in [0.4, 0.5) is 11.6 Å². The normalized spacial score (nSPS) is 23.1. The topological polar surface area (TPSA) is 108 Å². The molecule has 2 aliphatic rings. The monoisotopic (exact) mass is 450 g/mol. The number of hydrogen-bond acceptors (Lipinski definition) is 7. The van der Waals surface area contributed by atoms with Gasteiger partial charge in [0.25, 0.3) is 0 Å². The highest BCUT2D eigenvalue weighted by atomic mass is 32.1. The molecule has 2 heterocycles. The quantitative estimate of drug-likeness (QED) is 0.485. The number of nitrogens with zero attached hydrogens (tertiary/aromatic N) is 3. The highest BCUT2D eigenvalue weighted by Gasteiger charge is 2.46. The first kappa shape index (κ1) is 21.0. The van der Waals surface area contributed by atoms with Crippen LogP contribution in [0.25, 0.3) is 10.4 Å². The summed E-state index contributed by atoms with van der Waals surface area (Å²) in [6, 6.07) is 8.08. The first-order chi connectivity index (χ1) is 15.4. The van der Waals surface area contributed by atoms with Crippen LogP contribution in [-0.4, -0.2) is 31.1 Å². The number of hydrogen-bond donors (Lipinski definition) is 3. The van der Waals surface area contributed by atoms with Gasteiger partial charge in [0, 0.05) is 29.7 Å². The Kier molecular flexibility index (Phi) is 5.43. The number of aromatic nitrogens is 3. The number of benzene rings is 1. The van der Waals surface area contributed by atoms with Gasteiger partial charge in [-0.05, 0) is 61.9 Å². The Morgan fingerprint density at radius 2 is 2.03 bits per heavy atom. The molecule has 1 aromatic carbocycles. The summed E-state index contributed by atoms with van der Waals surface area (Å²) < 4.78 is 0. The van der Waals surface area contributed by atoms with E-state index >= 15 is 0 Å². The zero-order chi connectivity index (χ0) is 22.3. The van der Waals surface area contributed by atoms with Crippen molar-refractivity contribution in [3.05, 3.63) is 52.9 Å². The van der Waals surface area contributed by atoms with Gasteiger partial charge in [-0.3, -0.25) is 4.79 Å². The lowest BCUT2D eigenvalue weighted by molar-refractivity contribution is -0.157. The number of carboxylic acid groups (broad SMARTS) is 1. The van der Waals surface area contributed by atoms with Gasteiger partial charge in [0.1, 0.15) is 10.6 Å². The van der Waals surface area contributed by atoms with E-state index in [0.717, 1.165) is 40.2 Å². The van der Waals surface area contributed by atoms with Gasteiger partial charge in [-0.2, -0.15) is 0 Å². The van der Waals surface area contributed by atoms with Crippen molar-refractivity contribution in [2.45, 2.75) is 57.0 Å². The van der Waals surface area contributed by atoms with E-state index in [1.807, 2.05) is 25.1 Å². The minimum atomic E-state index is -1.41. The van der Waals surface area contributed by atoms with E-state index in [1.54, 1.807) is 12.4 Å². The molecule has 2 saturated carbocycles. The van der Waals surface area contributed by atoms with Gasteiger partial charge < -0.3 is 15.5 Å². The molecule has 0 radical (unpaired) electrons. The second kappa shape index (κ2) is 8.26. The number of thiazole rings is 1. The van der Waals surface area contributed by atoms with Crippen molar-refractivity contribution in [3.63, 3.8) is 0 Å². The number of carbonyl (C=O) groups is 1. The number of anilines is 2. The van der Waals surface area contributed by atoms with E-state index in [4.69, 9.17) is 0 Å². The lowest BCUT2D eigenvalue weighted by Gasteiger charge is -2.35. The van der Waals surface area contributed by atoms with Crippen molar-refractivity contribution in [3.8, 4) is 10.4 Å². The predicted octanol–water partition coefficient (Wildman–Crippen LogP) is 4.99. The fourth-order valence-corrected chi connectivity index (χ4v) is 5.59. The molecule has 8 heteroatoms. The summed E-state index contributed by atoms with van der Waals surface area (Å²) in [5, 5.41) is 24.7. The second-order valence-corrected chi connectivity index (χ2v) is 9.91. The van der Waals surface area contributed by atoms with Crippen LogP contribution in [0.1, 0.15) is 60.7 Å². The number of aliphatic hydroxyl groups is 1. The maximum atomic E-state index is 11.7. The molecular formula is C24H26N4O3S.